The van der Waals surface area contributed by atoms with Gasteiger partial charge in [0.05, 0.1) is 11.1 Å². The summed E-state index contributed by atoms with van der Waals surface area (Å²) in [6, 6.07) is 14.0. The molecule has 24 heavy (non-hydrogen) atoms. The number of para-hydroxylation sites is 1. The molecule has 4 rings (SSSR count). The largest absolute Gasteiger partial charge is 0.488 e. The summed E-state index contributed by atoms with van der Waals surface area (Å²) in [6.07, 6.45) is 0. The number of carbonyl (C=O) groups excluding carboxylic acids is 1. The van der Waals surface area contributed by atoms with E-state index in [-0.39, 0.29) is 6.61 Å². The van der Waals surface area contributed by atoms with Crippen molar-refractivity contribution < 1.29 is 14.1 Å². The van der Waals surface area contributed by atoms with Gasteiger partial charge < -0.3 is 14.6 Å². The van der Waals surface area contributed by atoms with Crippen LogP contribution >= 0.6 is 11.6 Å². The maximum atomic E-state index is 12.1. The Labute approximate surface area is 142 Å². The lowest BCUT2D eigenvalue weighted by atomic mass is 10.1. The average Bonchev–Trinajstić information content (AvgIpc) is 2.98. The Hall–Kier alpha value is -2.99. The van der Waals surface area contributed by atoms with Crippen LogP contribution in [0.1, 0.15) is 5.56 Å². The highest BCUT2D eigenvalue weighted by atomic mass is 35.5. The number of nitrogens with one attached hydrogen (secondary N) is 2. The van der Waals surface area contributed by atoms with Crippen molar-refractivity contribution in [2.75, 3.05) is 10.6 Å². The van der Waals surface area contributed by atoms with E-state index < -0.39 is 6.03 Å². The number of benzene rings is 2. The summed E-state index contributed by atoms with van der Waals surface area (Å²) in [5, 5.41) is 9.84. The molecule has 2 N–H and O–H groups in total. The van der Waals surface area contributed by atoms with Crippen LogP contribution in [0.3, 0.4) is 0 Å². The van der Waals surface area contributed by atoms with Gasteiger partial charge in [0.25, 0.3) is 0 Å². The van der Waals surface area contributed by atoms with E-state index in [1.807, 2.05) is 24.3 Å². The van der Waals surface area contributed by atoms with Gasteiger partial charge >= 0.3 is 6.03 Å². The Balaban J connectivity index is 1.55. The van der Waals surface area contributed by atoms with Gasteiger partial charge in [-0.2, -0.15) is 0 Å². The third kappa shape index (κ3) is 2.68. The summed E-state index contributed by atoms with van der Waals surface area (Å²) in [4.78, 5) is 12.1. The summed E-state index contributed by atoms with van der Waals surface area (Å²) >= 11 is 5.90. The van der Waals surface area contributed by atoms with Crippen LogP contribution in [0.15, 0.2) is 53.1 Å². The molecule has 1 aliphatic rings. The van der Waals surface area contributed by atoms with Gasteiger partial charge in [0.15, 0.2) is 11.6 Å². The molecule has 0 spiro atoms. The molecule has 2 amide bonds. The maximum Gasteiger partial charge on any atom is 0.324 e. The Morgan fingerprint density at radius 3 is 2.88 bits per heavy atom. The molecule has 6 nitrogen and oxygen atoms in total. The fraction of sp³-hybridized carbons (Fsp3) is 0.0588. The second kappa shape index (κ2) is 5.90. The van der Waals surface area contributed by atoms with Crippen LogP contribution < -0.4 is 15.4 Å². The molecule has 0 unspecified atom stereocenters. The monoisotopic (exact) mass is 341 g/mol. The second-order valence-corrected chi connectivity index (χ2v) is 5.65. The smallest absolute Gasteiger partial charge is 0.324 e. The zero-order valence-electron chi connectivity index (χ0n) is 12.4. The summed E-state index contributed by atoms with van der Waals surface area (Å²) in [6.45, 7) is 0.280. The number of halogens is 1. The standard InChI is InChI=1S/C17H12ClN3O3/c18-10-4-3-5-11(8-10)19-17(22)20-16-13-9-23-14-7-2-1-6-12(14)15(13)24-21-16/h1-8H,9H2,(H2,19,20,21,22). The van der Waals surface area contributed by atoms with E-state index in [9.17, 15) is 4.79 Å². The fourth-order valence-corrected chi connectivity index (χ4v) is 2.71. The van der Waals surface area contributed by atoms with Crippen LogP contribution in [0.2, 0.25) is 5.02 Å². The molecule has 0 atom stereocenters. The van der Waals surface area contributed by atoms with Crippen molar-refractivity contribution in [3.8, 4) is 17.1 Å². The lowest BCUT2D eigenvalue weighted by Crippen LogP contribution is -2.20. The van der Waals surface area contributed by atoms with E-state index in [2.05, 4.69) is 15.8 Å². The molecule has 0 saturated heterocycles. The number of ether oxygens (including phenoxy) is 1. The molecule has 7 heteroatoms. The number of aromatic nitrogens is 1. The van der Waals surface area contributed by atoms with Crippen LogP contribution in [-0.4, -0.2) is 11.2 Å². The van der Waals surface area contributed by atoms with E-state index in [1.165, 1.54) is 0 Å². The Morgan fingerprint density at radius 2 is 2.00 bits per heavy atom. The summed E-state index contributed by atoms with van der Waals surface area (Å²) in [5.74, 6) is 1.67. The van der Waals surface area contributed by atoms with Gasteiger partial charge in [-0.15, -0.1) is 0 Å². The summed E-state index contributed by atoms with van der Waals surface area (Å²) < 4.78 is 11.1. The number of urea groups is 1. The zero-order chi connectivity index (χ0) is 16.5. The lowest BCUT2D eigenvalue weighted by Gasteiger charge is -2.16. The number of hydrogen-bond acceptors (Lipinski definition) is 4. The number of anilines is 2. The highest BCUT2D eigenvalue weighted by Crippen LogP contribution is 2.40. The first-order valence-electron chi connectivity index (χ1n) is 7.25. The van der Waals surface area contributed by atoms with Crippen LogP contribution in [0.5, 0.6) is 5.75 Å². The van der Waals surface area contributed by atoms with Gasteiger partial charge in [-0.05, 0) is 30.3 Å². The van der Waals surface area contributed by atoms with E-state index in [4.69, 9.17) is 20.9 Å². The summed E-state index contributed by atoms with van der Waals surface area (Å²) in [5.41, 5.74) is 2.10. The van der Waals surface area contributed by atoms with Crippen molar-refractivity contribution in [2.45, 2.75) is 6.61 Å². The van der Waals surface area contributed by atoms with Crippen LogP contribution in [0, 0.1) is 0 Å². The van der Waals surface area contributed by atoms with Gasteiger partial charge in [0, 0.05) is 10.7 Å². The molecule has 1 aromatic heterocycles. The molecule has 0 fully saturated rings. The highest BCUT2D eigenvalue weighted by Gasteiger charge is 2.26. The van der Waals surface area contributed by atoms with Crippen LogP contribution in [0.25, 0.3) is 11.3 Å². The van der Waals surface area contributed by atoms with E-state index in [1.54, 1.807) is 24.3 Å². The number of hydrogen-bond donors (Lipinski definition) is 2. The number of fused-ring (bicyclic) bond motifs is 3. The third-order valence-corrected chi connectivity index (χ3v) is 3.84. The van der Waals surface area contributed by atoms with Crippen molar-refractivity contribution in [3.63, 3.8) is 0 Å². The van der Waals surface area contributed by atoms with Gasteiger partial charge in [-0.1, -0.05) is 35.0 Å². The average molecular weight is 342 g/mol. The number of carbonyl (C=O) groups is 1. The highest BCUT2D eigenvalue weighted by molar-refractivity contribution is 6.30. The molecule has 2 aromatic carbocycles. The molecule has 0 radical (unpaired) electrons. The molecule has 2 heterocycles. The van der Waals surface area contributed by atoms with Crippen molar-refractivity contribution in [1.82, 2.24) is 5.16 Å². The number of nitrogens with zero attached hydrogens (tertiary/aromatic N) is 1. The van der Waals surface area contributed by atoms with Crippen molar-refractivity contribution in [2.24, 2.45) is 0 Å². The number of amides is 2. The molecule has 0 aliphatic carbocycles. The molecular formula is C17H12ClN3O3. The van der Waals surface area contributed by atoms with Crippen LogP contribution in [0.4, 0.5) is 16.3 Å². The first-order valence-corrected chi connectivity index (χ1v) is 7.63. The molecule has 3 aromatic rings. The normalized spacial score (nSPS) is 11.9. The Bertz CT molecular complexity index is 923. The zero-order valence-corrected chi connectivity index (χ0v) is 13.1. The van der Waals surface area contributed by atoms with Gasteiger partial charge in [-0.25, -0.2) is 4.79 Å². The lowest BCUT2D eigenvalue weighted by molar-refractivity contribution is 0.262. The SMILES string of the molecule is O=C(Nc1cccc(Cl)c1)Nc1noc2c1COc1ccccc1-2. The molecule has 120 valence electrons. The molecule has 1 aliphatic heterocycles. The van der Waals surface area contributed by atoms with Gasteiger partial charge in [-0.3, -0.25) is 5.32 Å². The van der Waals surface area contributed by atoms with Gasteiger partial charge in [0.2, 0.25) is 0 Å². The predicted molar refractivity (Wildman–Crippen MR) is 90.4 cm³/mol. The minimum absolute atomic E-state index is 0.280. The van der Waals surface area contributed by atoms with Gasteiger partial charge in [0.1, 0.15) is 12.4 Å². The Kier molecular flexibility index (Phi) is 3.59. The second-order valence-electron chi connectivity index (χ2n) is 5.21. The first kappa shape index (κ1) is 14.6. The fourth-order valence-electron chi connectivity index (χ4n) is 2.52. The van der Waals surface area contributed by atoms with E-state index in [0.717, 1.165) is 11.3 Å². The molecular weight excluding hydrogens is 330 g/mol. The Morgan fingerprint density at radius 1 is 1.12 bits per heavy atom. The third-order valence-electron chi connectivity index (χ3n) is 3.61. The van der Waals surface area contributed by atoms with E-state index in [0.29, 0.717) is 27.9 Å². The van der Waals surface area contributed by atoms with E-state index >= 15 is 0 Å². The van der Waals surface area contributed by atoms with Crippen molar-refractivity contribution in [1.29, 1.82) is 0 Å². The molecule has 0 saturated carbocycles. The topological polar surface area (TPSA) is 76.4 Å². The minimum Gasteiger partial charge on any atom is -0.488 e. The quantitative estimate of drug-likeness (QED) is 0.718. The maximum absolute atomic E-state index is 12.1. The van der Waals surface area contributed by atoms with Crippen molar-refractivity contribution >= 4 is 29.1 Å². The predicted octanol–water partition coefficient (Wildman–Crippen LogP) is 4.53. The number of rotatable bonds is 2. The minimum atomic E-state index is -0.438. The first-order chi connectivity index (χ1) is 11.7. The van der Waals surface area contributed by atoms with Crippen molar-refractivity contribution in [3.05, 3.63) is 59.1 Å². The van der Waals surface area contributed by atoms with Crippen LogP contribution in [-0.2, 0) is 6.61 Å². The summed E-state index contributed by atoms with van der Waals surface area (Å²) in [7, 11) is 0. The molecule has 0 bridgehead atoms.